The Morgan fingerprint density at radius 2 is 2.21 bits per heavy atom. The first kappa shape index (κ1) is 15.6. The highest BCUT2D eigenvalue weighted by molar-refractivity contribution is 7.99. The topological polar surface area (TPSA) is 103 Å². The first-order valence-electron chi connectivity index (χ1n) is 5.56. The summed E-state index contributed by atoms with van der Waals surface area (Å²) >= 11 is 1.34. The quantitative estimate of drug-likeness (QED) is 0.764. The molecule has 1 aromatic heterocycles. The van der Waals surface area contributed by atoms with Gasteiger partial charge in [0.2, 0.25) is 5.76 Å². The van der Waals surface area contributed by atoms with Crippen LogP contribution in [-0.4, -0.2) is 34.9 Å². The molecule has 3 N–H and O–H groups in total. The highest BCUT2D eigenvalue weighted by atomic mass is 32.2. The number of nitrogens with two attached hydrogens (primary N) is 1. The first-order chi connectivity index (χ1) is 8.79. The number of carboxylic acids is 1. The number of carboxylic acid groups (broad SMARTS) is 1. The van der Waals surface area contributed by atoms with E-state index in [1.54, 1.807) is 19.9 Å². The van der Waals surface area contributed by atoms with E-state index >= 15 is 0 Å². The third-order valence-electron chi connectivity index (χ3n) is 2.73. The molecule has 106 valence electrons. The summed E-state index contributed by atoms with van der Waals surface area (Å²) in [6.45, 7) is 3.49. The summed E-state index contributed by atoms with van der Waals surface area (Å²) in [6, 6.07) is 0.660. The van der Waals surface area contributed by atoms with Crippen molar-refractivity contribution in [2.24, 2.45) is 5.73 Å². The molecule has 0 saturated carbocycles. The fourth-order valence-corrected chi connectivity index (χ4v) is 2.41. The molecular weight excluding hydrogens is 270 g/mol. The van der Waals surface area contributed by atoms with Crippen molar-refractivity contribution in [3.8, 4) is 0 Å². The third-order valence-corrected chi connectivity index (χ3v) is 4.19. The van der Waals surface area contributed by atoms with Gasteiger partial charge in [-0.3, -0.25) is 4.79 Å². The molecule has 19 heavy (non-hydrogen) atoms. The van der Waals surface area contributed by atoms with Gasteiger partial charge in [-0.15, -0.1) is 11.8 Å². The van der Waals surface area contributed by atoms with E-state index in [9.17, 15) is 9.59 Å². The average molecular weight is 287 g/mol. The lowest BCUT2D eigenvalue weighted by Gasteiger charge is -2.27. The molecule has 1 aromatic rings. The summed E-state index contributed by atoms with van der Waals surface area (Å²) < 4.78 is 8.98. The number of aliphatic carboxylic acids is 1. The van der Waals surface area contributed by atoms with Crippen LogP contribution in [0.4, 0.5) is 0 Å². The highest BCUT2D eigenvalue weighted by Gasteiger charge is 2.33. The van der Waals surface area contributed by atoms with Crippen LogP contribution < -0.4 is 5.73 Å². The Kier molecular flexibility index (Phi) is 5.02. The average Bonchev–Trinajstić information content (AvgIpc) is 2.82. The molecule has 0 aliphatic heterocycles. The minimum absolute atomic E-state index is 0.134. The number of ether oxygens (including phenoxy) is 1. The molecule has 1 heterocycles. The van der Waals surface area contributed by atoms with Crippen molar-refractivity contribution in [1.29, 1.82) is 0 Å². The maximum atomic E-state index is 11.4. The Bertz CT molecular complexity index is 468. The number of thioether (sulfide) groups is 1. The van der Waals surface area contributed by atoms with Gasteiger partial charge in [-0.1, -0.05) is 0 Å². The van der Waals surface area contributed by atoms with Crippen LogP contribution in [0.25, 0.3) is 0 Å². The van der Waals surface area contributed by atoms with Gasteiger partial charge in [0.25, 0.3) is 0 Å². The summed E-state index contributed by atoms with van der Waals surface area (Å²) in [6.07, 6.45) is 1.40. The SMILES string of the molecule is COC(=O)c1occc1CSC(C)(C)[C@H](N)C(=O)O. The van der Waals surface area contributed by atoms with Crippen molar-refractivity contribution >= 4 is 23.7 Å². The standard InChI is InChI=1S/C12H17NO5S/c1-12(2,9(13)10(14)15)19-6-7-4-5-18-8(7)11(16)17-3/h4-5,9H,6,13H2,1-3H3,(H,14,15)/t9-/m1/s1. The lowest BCUT2D eigenvalue weighted by Crippen LogP contribution is -2.46. The van der Waals surface area contributed by atoms with Crippen molar-refractivity contribution in [2.45, 2.75) is 30.4 Å². The van der Waals surface area contributed by atoms with E-state index in [0.717, 1.165) is 0 Å². The molecule has 0 unspecified atom stereocenters. The zero-order valence-corrected chi connectivity index (χ0v) is 11.8. The number of methoxy groups -OCH3 is 1. The number of hydrogen-bond acceptors (Lipinski definition) is 6. The van der Waals surface area contributed by atoms with Crippen LogP contribution in [0.15, 0.2) is 16.7 Å². The van der Waals surface area contributed by atoms with Crippen molar-refractivity contribution in [3.05, 3.63) is 23.7 Å². The molecule has 7 heteroatoms. The van der Waals surface area contributed by atoms with Crippen molar-refractivity contribution in [2.75, 3.05) is 7.11 Å². The fraction of sp³-hybridized carbons (Fsp3) is 0.500. The number of hydrogen-bond donors (Lipinski definition) is 2. The second kappa shape index (κ2) is 6.12. The summed E-state index contributed by atoms with van der Waals surface area (Å²) in [5, 5.41) is 8.92. The van der Waals surface area contributed by atoms with E-state index in [4.69, 9.17) is 15.3 Å². The Morgan fingerprint density at radius 3 is 2.74 bits per heavy atom. The number of carbonyl (C=O) groups is 2. The van der Waals surface area contributed by atoms with Gasteiger partial charge in [0.05, 0.1) is 13.4 Å². The number of esters is 1. The van der Waals surface area contributed by atoms with E-state index in [-0.39, 0.29) is 5.76 Å². The first-order valence-corrected chi connectivity index (χ1v) is 6.55. The smallest absolute Gasteiger partial charge is 0.374 e. The van der Waals surface area contributed by atoms with Gasteiger partial charge in [-0.25, -0.2) is 4.79 Å². The van der Waals surface area contributed by atoms with Crippen LogP contribution in [-0.2, 0) is 15.3 Å². The Labute approximate surface area is 115 Å². The zero-order chi connectivity index (χ0) is 14.6. The molecule has 1 atom stereocenters. The molecule has 0 bridgehead atoms. The molecule has 0 saturated heterocycles. The van der Waals surface area contributed by atoms with E-state index < -0.39 is 22.7 Å². The predicted octanol–water partition coefficient (Wildman–Crippen LogP) is 1.49. The van der Waals surface area contributed by atoms with E-state index in [2.05, 4.69) is 4.74 Å². The molecular formula is C12H17NO5S. The largest absolute Gasteiger partial charge is 0.480 e. The van der Waals surface area contributed by atoms with Crippen molar-refractivity contribution in [1.82, 2.24) is 0 Å². The monoisotopic (exact) mass is 287 g/mol. The lowest BCUT2D eigenvalue weighted by atomic mass is 10.1. The molecule has 0 aliphatic carbocycles. The van der Waals surface area contributed by atoms with Gasteiger partial charge >= 0.3 is 11.9 Å². The molecule has 0 fully saturated rings. The van der Waals surface area contributed by atoms with Gasteiger partial charge in [0.15, 0.2) is 0 Å². The molecule has 0 spiro atoms. The highest BCUT2D eigenvalue weighted by Crippen LogP contribution is 2.32. The van der Waals surface area contributed by atoms with Crippen LogP contribution >= 0.6 is 11.8 Å². The number of rotatable bonds is 6. The number of furan rings is 1. The fourth-order valence-electron chi connectivity index (χ4n) is 1.37. The van der Waals surface area contributed by atoms with E-state index in [1.807, 2.05) is 0 Å². The molecule has 0 amide bonds. The van der Waals surface area contributed by atoms with Crippen LogP contribution in [0.5, 0.6) is 0 Å². The molecule has 1 rings (SSSR count). The number of carbonyl (C=O) groups excluding carboxylic acids is 1. The second-order valence-electron chi connectivity index (χ2n) is 4.47. The minimum atomic E-state index is -1.06. The summed E-state index contributed by atoms with van der Waals surface area (Å²) in [5.74, 6) is -1.07. The Hall–Kier alpha value is -1.47. The zero-order valence-electron chi connectivity index (χ0n) is 11.0. The van der Waals surface area contributed by atoms with Gasteiger partial charge in [-0.05, 0) is 19.9 Å². The van der Waals surface area contributed by atoms with Crippen LogP contribution in [0.3, 0.4) is 0 Å². The molecule has 0 radical (unpaired) electrons. The minimum Gasteiger partial charge on any atom is -0.480 e. The molecule has 0 aliphatic rings. The Balaban J connectivity index is 2.74. The van der Waals surface area contributed by atoms with Crippen LogP contribution in [0.1, 0.15) is 30.0 Å². The van der Waals surface area contributed by atoms with Gasteiger partial charge in [0, 0.05) is 16.1 Å². The summed E-state index contributed by atoms with van der Waals surface area (Å²) in [7, 11) is 1.27. The van der Waals surface area contributed by atoms with Gasteiger partial charge in [-0.2, -0.15) is 0 Å². The van der Waals surface area contributed by atoms with Crippen LogP contribution in [0.2, 0.25) is 0 Å². The summed E-state index contributed by atoms with van der Waals surface area (Å²) in [5.41, 5.74) is 6.28. The lowest BCUT2D eigenvalue weighted by molar-refractivity contribution is -0.139. The van der Waals surface area contributed by atoms with Crippen molar-refractivity contribution in [3.63, 3.8) is 0 Å². The predicted molar refractivity (Wildman–Crippen MR) is 71.0 cm³/mol. The van der Waals surface area contributed by atoms with Gasteiger partial charge in [0.1, 0.15) is 6.04 Å². The van der Waals surface area contributed by atoms with Crippen LogP contribution in [0, 0.1) is 0 Å². The summed E-state index contributed by atoms with van der Waals surface area (Å²) in [4.78, 5) is 22.3. The maximum absolute atomic E-state index is 11.4. The second-order valence-corrected chi connectivity index (χ2v) is 6.10. The van der Waals surface area contributed by atoms with E-state index in [1.165, 1.54) is 25.1 Å². The van der Waals surface area contributed by atoms with Crippen molar-refractivity contribution < 1.29 is 23.8 Å². The van der Waals surface area contributed by atoms with E-state index in [0.29, 0.717) is 11.3 Å². The normalized spacial score (nSPS) is 13.1. The Morgan fingerprint density at radius 1 is 1.58 bits per heavy atom. The third kappa shape index (κ3) is 3.74. The molecule has 6 nitrogen and oxygen atoms in total. The molecule has 0 aromatic carbocycles. The maximum Gasteiger partial charge on any atom is 0.374 e. The van der Waals surface area contributed by atoms with Gasteiger partial charge < -0.3 is 20.0 Å².